The molecule has 1 fully saturated rings. The van der Waals surface area contributed by atoms with Crippen molar-refractivity contribution in [3.8, 4) is 0 Å². The molecule has 1 heterocycles. The predicted octanol–water partition coefficient (Wildman–Crippen LogP) is 4.60. The first-order chi connectivity index (χ1) is 10.1. The highest BCUT2D eigenvalue weighted by Crippen LogP contribution is 2.34. The van der Waals surface area contributed by atoms with E-state index in [1.165, 1.54) is 19.3 Å². The number of fused-ring (bicyclic) bond motifs is 1. The normalized spacial score (nSPS) is 16.3. The number of carboxylic acids is 1. The Morgan fingerprint density at radius 1 is 1.14 bits per heavy atom. The highest BCUT2D eigenvalue weighted by molar-refractivity contribution is 6.03. The van der Waals surface area contributed by atoms with Crippen molar-refractivity contribution in [1.82, 2.24) is 4.98 Å². The van der Waals surface area contributed by atoms with Crippen molar-refractivity contribution in [3.63, 3.8) is 0 Å². The second-order valence-corrected chi connectivity index (χ2v) is 6.21. The summed E-state index contributed by atoms with van der Waals surface area (Å²) < 4.78 is 0. The standard InChI is InChI=1S/C18H21NO2/c1-11-8-12(2)17-14(9-11)15(18(20)21)10-16(19-17)13-6-4-3-5-7-13/h8-10,13H,3-7H2,1-2H3,(H,20,21). The molecule has 2 aromatic rings. The number of aryl methyl sites for hydroxylation is 2. The topological polar surface area (TPSA) is 50.2 Å². The molecule has 0 bridgehead atoms. The van der Waals surface area contributed by atoms with Crippen molar-refractivity contribution < 1.29 is 9.90 Å². The van der Waals surface area contributed by atoms with Gasteiger partial charge in [-0.3, -0.25) is 4.98 Å². The van der Waals surface area contributed by atoms with Crippen molar-refractivity contribution in [2.75, 3.05) is 0 Å². The van der Waals surface area contributed by atoms with Crippen LogP contribution in [0.1, 0.15) is 65.2 Å². The Labute approximate surface area is 125 Å². The molecular formula is C18H21NO2. The van der Waals surface area contributed by atoms with Gasteiger partial charge in [-0.2, -0.15) is 0 Å². The molecule has 1 aromatic heterocycles. The highest BCUT2D eigenvalue weighted by atomic mass is 16.4. The molecule has 1 aliphatic carbocycles. The molecule has 0 unspecified atom stereocenters. The van der Waals surface area contributed by atoms with Crippen LogP contribution in [-0.2, 0) is 0 Å². The van der Waals surface area contributed by atoms with E-state index in [1.807, 2.05) is 19.9 Å². The Morgan fingerprint density at radius 3 is 2.52 bits per heavy atom. The number of aromatic nitrogens is 1. The van der Waals surface area contributed by atoms with Crippen molar-refractivity contribution in [1.29, 1.82) is 0 Å². The summed E-state index contributed by atoms with van der Waals surface area (Å²) in [7, 11) is 0. The zero-order valence-electron chi connectivity index (χ0n) is 12.6. The summed E-state index contributed by atoms with van der Waals surface area (Å²) in [6.07, 6.45) is 5.98. The van der Waals surface area contributed by atoms with Gasteiger partial charge >= 0.3 is 5.97 Å². The Bertz CT molecular complexity index is 700. The van der Waals surface area contributed by atoms with E-state index in [0.717, 1.165) is 40.6 Å². The van der Waals surface area contributed by atoms with E-state index in [-0.39, 0.29) is 0 Å². The molecule has 110 valence electrons. The van der Waals surface area contributed by atoms with Gasteiger partial charge in [0.15, 0.2) is 0 Å². The van der Waals surface area contributed by atoms with E-state index in [4.69, 9.17) is 4.98 Å². The van der Waals surface area contributed by atoms with Crippen LogP contribution in [-0.4, -0.2) is 16.1 Å². The molecule has 3 nitrogen and oxygen atoms in total. The van der Waals surface area contributed by atoms with Crippen molar-refractivity contribution in [3.05, 3.63) is 40.6 Å². The van der Waals surface area contributed by atoms with Crippen LogP contribution in [0.5, 0.6) is 0 Å². The van der Waals surface area contributed by atoms with Crippen molar-refractivity contribution in [2.45, 2.75) is 51.9 Å². The minimum Gasteiger partial charge on any atom is -0.478 e. The lowest BCUT2D eigenvalue weighted by Gasteiger charge is -2.22. The third-order valence-electron chi connectivity index (χ3n) is 4.52. The summed E-state index contributed by atoms with van der Waals surface area (Å²) in [6, 6.07) is 5.81. The van der Waals surface area contributed by atoms with Crippen molar-refractivity contribution >= 4 is 16.9 Å². The maximum atomic E-state index is 11.6. The van der Waals surface area contributed by atoms with Crippen LogP contribution >= 0.6 is 0 Å². The third kappa shape index (κ3) is 2.65. The van der Waals surface area contributed by atoms with Gasteiger partial charge in [-0.05, 0) is 44.4 Å². The number of benzene rings is 1. The zero-order chi connectivity index (χ0) is 15.0. The Morgan fingerprint density at radius 2 is 1.86 bits per heavy atom. The molecule has 1 N–H and O–H groups in total. The summed E-state index contributed by atoms with van der Waals surface area (Å²) in [6.45, 7) is 4.01. The Balaban J connectivity index is 2.21. The molecule has 0 radical (unpaired) electrons. The molecule has 1 aliphatic rings. The number of carbonyl (C=O) groups is 1. The first-order valence-electron chi connectivity index (χ1n) is 7.71. The molecule has 3 rings (SSSR count). The minimum absolute atomic E-state index is 0.396. The van der Waals surface area contributed by atoms with Crippen LogP contribution in [0.3, 0.4) is 0 Å². The van der Waals surface area contributed by atoms with E-state index in [0.29, 0.717) is 11.5 Å². The Kier molecular flexibility index (Phi) is 3.66. The lowest BCUT2D eigenvalue weighted by atomic mass is 9.85. The number of rotatable bonds is 2. The molecule has 1 saturated carbocycles. The number of carboxylic acid groups (broad SMARTS) is 1. The fourth-order valence-electron chi connectivity index (χ4n) is 3.49. The first kappa shape index (κ1) is 14.1. The van der Waals surface area contributed by atoms with Gasteiger partial charge in [-0.15, -0.1) is 0 Å². The SMILES string of the molecule is Cc1cc(C)c2nc(C3CCCCC3)cc(C(=O)O)c2c1. The van der Waals surface area contributed by atoms with Crippen LogP contribution in [0.4, 0.5) is 0 Å². The lowest BCUT2D eigenvalue weighted by Crippen LogP contribution is -2.10. The van der Waals surface area contributed by atoms with Gasteiger partial charge < -0.3 is 5.11 Å². The average molecular weight is 283 g/mol. The number of hydrogen-bond acceptors (Lipinski definition) is 2. The molecule has 0 aliphatic heterocycles. The fourth-order valence-corrected chi connectivity index (χ4v) is 3.49. The van der Waals surface area contributed by atoms with E-state index in [1.54, 1.807) is 6.07 Å². The average Bonchev–Trinajstić information content (AvgIpc) is 2.47. The maximum Gasteiger partial charge on any atom is 0.336 e. The van der Waals surface area contributed by atoms with E-state index in [2.05, 4.69) is 6.07 Å². The number of aromatic carboxylic acids is 1. The zero-order valence-corrected chi connectivity index (χ0v) is 12.6. The van der Waals surface area contributed by atoms with Gasteiger partial charge in [0.25, 0.3) is 0 Å². The molecule has 3 heteroatoms. The van der Waals surface area contributed by atoms with Crippen LogP contribution in [0.15, 0.2) is 18.2 Å². The summed E-state index contributed by atoms with van der Waals surface area (Å²) in [5, 5.41) is 10.3. The third-order valence-corrected chi connectivity index (χ3v) is 4.52. The predicted molar refractivity (Wildman–Crippen MR) is 84.0 cm³/mol. The molecule has 1 aromatic carbocycles. The number of nitrogens with zero attached hydrogens (tertiary/aromatic N) is 1. The van der Waals surface area contributed by atoms with Gasteiger partial charge in [0.2, 0.25) is 0 Å². The fraction of sp³-hybridized carbons (Fsp3) is 0.444. The van der Waals surface area contributed by atoms with Gasteiger partial charge in [0, 0.05) is 17.0 Å². The number of hydrogen-bond donors (Lipinski definition) is 1. The quantitative estimate of drug-likeness (QED) is 0.876. The molecule has 0 saturated heterocycles. The largest absolute Gasteiger partial charge is 0.478 e. The summed E-state index contributed by atoms with van der Waals surface area (Å²) in [5.41, 5.74) is 4.35. The second-order valence-electron chi connectivity index (χ2n) is 6.21. The number of pyridine rings is 1. The van der Waals surface area contributed by atoms with Gasteiger partial charge in [-0.1, -0.05) is 30.9 Å². The van der Waals surface area contributed by atoms with Crippen LogP contribution in [0.2, 0.25) is 0 Å². The van der Waals surface area contributed by atoms with Crippen LogP contribution in [0.25, 0.3) is 10.9 Å². The second kappa shape index (κ2) is 5.47. The summed E-state index contributed by atoms with van der Waals surface area (Å²) in [4.78, 5) is 16.5. The van der Waals surface area contributed by atoms with Gasteiger partial charge in [0.1, 0.15) is 0 Å². The van der Waals surface area contributed by atoms with Gasteiger partial charge in [0.05, 0.1) is 11.1 Å². The minimum atomic E-state index is -0.857. The summed E-state index contributed by atoms with van der Waals surface area (Å²) >= 11 is 0. The molecule has 21 heavy (non-hydrogen) atoms. The van der Waals surface area contributed by atoms with E-state index in [9.17, 15) is 9.90 Å². The monoisotopic (exact) mass is 283 g/mol. The molecule has 0 spiro atoms. The van der Waals surface area contributed by atoms with E-state index < -0.39 is 5.97 Å². The maximum absolute atomic E-state index is 11.6. The van der Waals surface area contributed by atoms with Crippen LogP contribution in [0, 0.1) is 13.8 Å². The molecule has 0 amide bonds. The van der Waals surface area contributed by atoms with Crippen molar-refractivity contribution in [2.24, 2.45) is 0 Å². The molecule has 0 atom stereocenters. The highest BCUT2D eigenvalue weighted by Gasteiger charge is 2.21. The first-order valence-corrected chi connectivity index (χ1v) is 7.71. The van der Waals surface area contributed by atoms with E-state index >= 15 is 0 Å². The Hall–Kier alpha value is -1.90. The smallest absolute Gasteiger partial charge is 0.336 e. The van der Waals surface area contributed by atoms with Gasteiger partial charge in [-0.25, -0.2) is 4.79 Å². The summed E-state index contributed by atoms with van der Waals surface area (Å²) in [5.74, 6) is -0.439. The molecular weight excluding hydrogens is 262 g/mol. The lowest BCUT2D eigenvalue weighted by molar-refractivity contribution is 0.0699. The van der Waals surface area contributed by atoms with Crippen LogP contribution < -0.4 is 0 Å².